The van der Waals surface area contributed by atoms with Crippen molar-refractivity contribution in [2.24, 2.45) is 5.92 Å². The van der Waals surface area contributed by atoms with Gasteiger partial charge in [0, 0.05) is 38.4 Å². The number of amides is 1. The van der Waals surface area contributed by atoms with Crippen molar-refractivity contribution in [1.82, 2.24) is 14.2 Å². The molecule has 4 rings (SSSR count). The third-order valence-electron chi connectivity index (χ3n) is 6.23. The van der Waals surface area contributed by atoms with Gasteiger partial charge in [0.25, 0.3) is 0 Å². The molecular weight excluding hydrogens is 386 g/mol. The van der Waals surface area contributed by atoms with E-state index >= 15 is 0 Å². The first-order valence-corrected chi connectivity index (χ1v) is 11.7. The molecule has 0 radical (unpaired) electrons. The lowest BCUT2D eigenvalue weighted by Gasteiger charge is -2.37. The highest BCUT2D eigenvalue weighted by molar-refractivity contribution is 7.89. The van der Waals surface area contributed by atoms with E-state index in [1.54, 1.807) is 18.3 Å². The van der Waals surface area contributed by atoms with Crippen LogP contribution < -0.4 is 0 Å². The lowest BCUT2D eigenvalue weighted by Crippen LogP contribution is -2.44. The van der Waals surface area contributed by atoms with E-state index in [-0.39, 0.29) is 22.8 Å². The van der Waals surface area contributed by atoms with E-state index in [0.29, 0.717) is 25.9 Å². The maximum Gasteiger partial charge on any atom is 0.244 e. The first-order valence-electron chi connectivity index (χ1n) is 10.2. The summed E-state index contributed by atoms with van der Waals surface area (Å²) in [6.45, 7) is 0.728. The van der Waals surface area contributed by atoms with Crippen molar-refractivity contribution < 1.29 is 13.2 Å². The normalized spacial score (nSPS) is 20.8. The molecule has 1 atom stereocenters. The molecule has 1 aromatic heterocycles. The second-order valence-electron chi connectivity index (χ2n) is 7.92. The predicted molar refractivity (Wildman–Crippen MR) is 111 cm³/mol. The molecule has 0 bridgehead atoms. The Hall–Kier alpha value is -2.25. The quantitative estimate of drug-likeness (QED) is 0.773. The highest BCUT2D eigenvalue weighted by atomic mass is 32.2. The van der Waals surface area contributed by atoms with Crippen LogP contribution in [0.3, 0.4) is 0 Å². The van der Waals surface area contributed by atoms with Crippen LogP contribution in [0, 0.1) is 5.92 Å². The molecule has 1 aliphatic carbocycles. The number of carbonyl (C=O) groups excluding carboxylic acids is 1. The van der Waals surface area contributed by atoms with Gasteiger partial charge in [-0.2, -0.15) is 4.31 Å². The van der Waals surface area contributed by atoms with Crippen molar-refractivity contribution >= 4 is 15.9 Å². The maximum atomic E-state index is 13.2. The van der Waals surface area contributed by atoms with E-state index in [4.69, 9.17) is 0 Å². The Morgan fingerprint density at radius 1 is 1.10 bits per heavy atom. The summed E-state index contributed by atoms with van der Waals surface area (Å²) in [5.41, 5.74) is 2.59. The second kappa shape index (κ2) is 8.24. The summed E-state index contributed by atoms with van der Waals surface area (Å²) in [6, 6.07) is 11.7. The number of nitrogens with zero attached hydrogens (tertiary/aromatic N) is 3. The Morgan fingerprint density at radius 2 is 1.86 bits per heavy atom. The zero-order valence-electron chi connectivity index (χ0n) is 16.7. The highest BCUT2D eigenvalue weighted by Gasteiger charge is 2.35. The van der Waals surface area contributed by atoms with Crippen LogP contribution in [0.5, 0.6) is 0 Å². The molecule has 1 amide bonds. The van der Waals surface area contributed by atoms with Crippen molar-refractivity contribution in [2.45, 2.75) is 43.0 Å². The van der Waals surface area contributed by atoms with E-state index in [1.807, 2.05) is 18.0 Å². The summed E-state index contributed by atoms with van der Waals surface area (Å²) in [4.78, 5) is 19.2. The number of piperidine rings is 1. The van der Waals surface area contributed by atoms with Gasteiger partial charge < -0.3 is 4.90 Å². The molecule has 1 saturated heterocycles. The number of carbonyl (C=O) groups is 1. The lowest BCUT2D eigenvalue weighted by molar-refractivity contribution is -0.138. The van der Waals surface area contributed by atoms with Gasteiger partial charge in [0.2, 0.25) is 15.9 Å². The number of aryl methyl sites for hydroxylation is 1. The first-order chi connectivity index (χ1) is 14.0. The van der Waals surface area contributed by atoms with Gasteiger partial charge in [0.15, 0.2) is 0 Å². The van der Waals surface area contributed by atoms with Gasteiger partial charge in [-0.25, -0.2) is 8.42 Å². The summed E-state index contributed by atoms with van der Waals surface area (Å²) < 4.78 is 27.0. The fourth-order valence-electron chi connectivity index (χ4n) is 4.56. The van der Waals surface area contributed by atoms with Gasteiger partial charge >= 0.3 is 0 Å². The Kier molecular flexibility index (Phi) is 5.69. The maximum absolute atomic E-state index is 13.2. The summed E-state index contributed by atoms with van der Waals surface area (Å²) in [5.74, 6) is -0.000402. The van der Waals surface area contributed by atoms with Crippen molar-refractivity contribution in [3.63, 3.8) is 0 Å². The Morgan fingerprint density at radius 3 is 2.59 bits per heavy atom. The van der Waals surface area contributed by atoms with E-state index in [0.717, 1.165) is 19.3 Å². The minimum absolute atomic E-state index is 0.115. The Bertz CT molecular complexity index is 970. The van der Waals surface area contributed by atoms with Gasteiger partial charge in [-0.3, -0.25) is 9.78 Å². The number of hydrogen-bond acceptors (Lipinski definition) is 4. The molecule has 2 aromatic rings. The minimum atomic E-state index is -3.55. The van der Waals surface area contributed by atoms with Crippen LogP contribution in [-0.4, -0.2) is 48.7 Å². The zero-order valence-corrected chi connectivity index (χ0v) is 17.5. The molecule has 6 nitrogen and oxygen atoms in total. The van der Waals surface area contributed by atoms with Crippen molar-refractivity contribution in [1.29, 1.82) is 0 Å². The number of rotatable bonds is 4. The molecule has 2 aliphatic rings. The van der Waals surface area contributed by atoms with Crippen LogP contribution in [0.1, 0.15) is 42.9 Å². The largest absolute Gasteiger partial charge is 0.338 e. The molecule has 0 N–H and O–H groups in total. The molecule has 1 fully saturated rings. The van der Waals surface area contributed by atoms with Crippen LogP contribution in [-0.2, 0) is 21.2 Å². The smallest absolute Gasteiger partial charge is 0.244 e. The monoisotopic (exact) mass is 413 g/mol. The van der Waals surface area contributed by atoms with Crippen LogP contribution in [0.2, 0.25) is 0 Å². The number of aromatic nitrogens is 1. The SMILES string of the molecule is CN(C(=O)C1CCN(S(=O)(=O)c2cccnc2)CC1)[C@H]1CCCc2ccccc21. The number of sulfonamides is 1. The van der Waals surface area contributed by atoms with Crippen LogP contribution >= 0.6 is 0 Å². The summed E-state index contributed by atoms with van der Waals surface area (Å²) >= 11 is 0. The Balaban J connectivity index is 1.42. The highest BCUT2D eigenvalue weighted by Crippen LogP contribution is 2.35. The number of benzene rings is 1. The van der Waals surface area contributed by atoms with Crippen LogP contribution in [0.25, 0.3) is 0 Å². The molecule has 154 valence electrons. The second-order valence-corrected chi connectivity index (χ2v) is 9.86. The van der Waals surface area contributed by atoms with E-state index < -0.39 is 10.0 Å². The summed E-state index contributed by atoms with van der Waals surface area (Å²) in [7, 11) is -1.65. The Labute approximate surface area is 172 Å². The van der Waals surface area contributed by atoms with Crippen molar-refractivity contribution in [3.8, 4) is 0 Å². The van der Waals surface area contributed by atoms with Crippen molar-refractivity contribution in [2.75, 3.05) is 20.1 Å². The van der Waals surface area contributed by atoms with E-state index in [2.05, 4.69) is 23.2 Å². The number of hydrogen-bond donors (Lipinski definition) is 0. The molecule has 0 unspecified atom stereocenters. The van der Waals surface area contributed by atoms with Crippen LogP contribution in [0.4, 0.5) is 0 Å². The van der Waals surface area contributed by atoms with Gasteiger partial charge in [-0.1, -0.05) is 24.3 Å². The van der Waals surface area contributed by atoms with Gasteiger partial charge in [0.05, 0.1) is 6.04 Å². The summed E-state index contributed by atoms with van der Waals surface area (Å²) in [5, 5.41) is 0. The predicted octanol–water partition coefficient (Wildman–Crippen LogP) is 3.02. The van der Waals surface area contributed by atoms with E-state index in [1.165, 1.54) is 21.6 Å². The van der Waals surface area contributed by atoms with Gasteiger partial charge in [-0.05, 0) is 55.4 Å². The fourth-order valence-corrected chi connectivity index (χ4v) is 6.00. The van der Waals surface area contributed by atoms with Gasteiger partial charge in [0.1, 0.15) is 4.90 Å². The topological polar surface area (TPSA) is 70.6 Å². The molecular formula is C22H27N3O3S. The molecule has 0 saturated carbocycles. The zero-order chi connectivity index (χ0) is 20.4. The molecule has 7 heteroatoms. The average molecular weight is 414 g/mol. The third kappa shape index (κ3) is 3.94. The average Bonchev–Trinajstić information content (AvgIpc) is 2.78. The van der Waals surface area contributed by atoms with Crippen LogP contribution in [0.15, 0.2) is 53.7 Å². The molecule has 2 heterocycles. The van der Waals surface area contributed by atoms with E-state index in [9.17, 15) is 13.2 Å². The minimum Gasteiger partial charge on any atom is -0.338 e. The number of fused-ring (bicyclic) bond motifs is 1. The molecule has 1 aromatic carbocycles. The van der Waals surface area contributed by atoms with Crippen molar-refractivity contribution in [3.05, 3.63) is 59.9 Å². The number of pyridine rings is 1. The van der Waals surface area contributed by atoms with Gasteiger partial charge in [-0.15, -0.1) is 0 Å². The lowest BCUT2D eigenvalue weighted by atomic mass is 9.86. The third-order valence-corrected chi connectivity index (χ3v) is 8.11. The molecule has 1 aliphatic heterocycles. The molecule has 29 heavy (non-hydrogen) atoms. The molecule has 0 spiro atoms. The first kappa shape index (κ1) is 20.0. The summed E-state index contributed by atoms with van der Waals surface area (Å²) in [6.07, 6.45) is 7.17. The fraction of sp³-hybridized carbons (Fsp3) is 0.455. The standard InChI is InChI=1S/C22H27N3O3S/c1-24(21-10-4-7-17-6-2-3-9-20(17)21)22(26)18-11-14-25(15-12-18)29(27,28)19-8-5-13-23-16-19/h2-3,5-6,8-9,13,16,18,21H,4,7,10-12,14-15H2,1H3/t21-/m0/s1.